The molecule has 1 aromatic carbocycles. The maximum absolute atomic E-state index is 14.6. The van der Waals surface area contributed by atoms with Gasteiger partial charge >= 0.3 is 0 Å². The molecule has 0 radical (unpaired) electrons. The molecule has 1 aliphatic carbocycles. The lowest BCUT2D eigenvalue weighted by Crippen LogP contribution is -2.40. The Bertz CT molecular complexity index is 965. The van der Waals surface area contributed by atoms with Crippen LogP contribution in [-0.2, 0) is 20.7 Å². The smallest absolute Gasteiger partial charge is 0.266 e. The molecule has 1 aliphatic heterocycles. The molecule has 2 heterocycles. The van der Waals surface area contributed by atoms with Crippen molar-refractivity contribution < 1.29 is 27.4 Å². The van der Waals surface area contributed by atoms with Crippen molar-refractivity contribution in [1.82, 2.24) is 15.3 Å². The molecule has 1 aromatic heterocycles. The Balaban J connectivity index is 1.60. The van der Waals surface area contributed by atoms with Crippen LogP contribution in [0, 0.1) is 5.82 Å². The van der Waals surface area contributed by atoms with Gasteiger partial charge in [-0.25, -0.2) is 23.1 Å². The van der Waals surface area contributed by atoms with Crippen molar-refractivity contribution >= 4 is 11.7 Å². The van der Waals surface area contributed by atoms with Gasteiger partial charge < -0.3 is 20.1 Å². The highest BCUT2D eigenvalue weighted by Crippen LogP contribution is 2.34. The van der Waals surface area contributed by atoms with Crippen LogP contribution < -0.4 is 10.6 Å². The third-order valence-electron chi connectivity index (χ3n) is 5.74. The number of nitrogens with one attached hydrogen (secondary N) is 2. The summed E-state index contributed by atoms with van der Waals surface area (Å²) in [7, 11) is 0. The van der Waals surface area contributed by atoms with E-state index in [1.807, 2.05) is 0 Å². The molecule has 0 unspecified atom stereocenters. The molecule has 2 aliphatic rings. The lowest BCUT2D eigenvalue weighted by Gasteiger charge is -2.26. The molecule has 1 saturated carbocycles. The third kappa shape index (κ3) is 4.86. The maximum Gasteiger partial charge on any atom is 0.266 e. The molecule has 2 aromatic rings. The summed E-state index contributed by atoms with van der Waals surface area (Å²) in [6.07, 6.45) is 0.631. The zero-order chi connectivity index (χ0) is 22.7. The number of alkyl halides is 2. The van der Waals surface area contributed by atoms with Crippen molar-refractivity contribution in [3.8, 4) is 0 Å². The molecule has 32 heavy (non-hydrogen) atoms. The van der Waals surface area contributed by atoms with Gasteiger partial charge in [0.05, 0.1) is 42.5 Å². The van der Waals surface area contributed by atoms with Crippen LogP contribution in [0.25, 0.3) is 0 Å². The van der Waals surface area contributed by atoms with Crippen molar-refractivity contribution in [3.05, 3.63) is 52.7 Å². The highest BCUT2D eigenvalue weighted by molar-refractivity contribution is 5.79. The van der Waals surface area contributed by atoms with Crippen LogP contribution in [0.15, 0.2) is 24.5 Å². The molecule has 1 amide bonds. The minimum atomic E-state index is -2.92. The number of carbonyl (C=O) groups is 1. The molecule has 172 valence electrons. The molecule has 10 heteroatoms. The molecule has 0 spiro atoms. The fourth-order valence-corrected chi connectivity index (χ4v) is 3.80. The zero-order valence-corrected chi connectivity index (χ0v) is 17.6. The number of carbonyl (C=O) groups excluding carboxylic acids is 1. The zero-order valence-electron chi connectivity index (χ0n) is 17.6. The molecule has 2 fully saturated rings. The van der Waals surface area contributed by atoms with E-state index in [2.05, 4.69) is 20.6 Å². The Morgan fingerprint density at radius 3 is 2.56 bits per heavy atom. The van der Waals surface area contributed by atoms with Crippen molar-refractivity contribution in [3.63, 3.8) is 0 Å². The number of hydrogen-bond donors (Lipinski definition) is 2. The van der Waals surface area contributed by atoms with Gasteiger partial charge in [0.2, 0.25) is 5.91 Å². The molecule has 4 rings (SSSR count). The number of nitrogens with zero attached hydrogens (tertiary/aromatic N) is 2. The van der Waals surface area contributed by atoms with Crippen LogP contribution in [0.3, 0.4) is 0 Å². The minimum Gasteiger partial charge on any atom is -0.363 e. The lowest BCUT2D eigenvalue weighted by molar-refractivity contribution is -0.121. The largest absolute Gasteiger partial charge is 0.363 e. The maximum atomic E-state index is 14.6. The van der Waals surface area contributed by atoms with E-state index in [1.54, 1.807) is 6.92 Å². The number of amides is 1. The SMILES string of the molecule is C[C@@H](Nc1ncnc(CC(=O)NC2CCC2)c1C1OCCO1)c1cccc(C(F)F)c1F. The van der Waals surface area contributed by atoms with E-state index in [1.165, 1.54) is 18.5 Å². The molecule has 1 saturated heterocycles. The topological polar surface area (TPSA) is 85.4 Å². The van der Waals surface area contributed by atoms with Gasteiger partial charge in [-0.15, -0.1) is 0 Å². The summed E-state index contributed by atoms with van der Waals surface area (Å²) in [4.78, 5) is 21.0. The number of aromatic nitrogens is 2. The van der Waals surface area contributed by atoms with Gasteiger partial charge in [0, 0.05) is 11.6 Å². The van der Waals surface area contributed by atoms with E-state index >= 15 is 0 Å². The van der Waals surface area contributed by atoms with Crippen molar-refractivity contribution in [2.45, 2.75) is 57.4 Å². The molecular formula is C22H25F3N4O3. The van der Waals surface area contributed by atoms with Crippen LogP contribution in [0.2, 0.25) is 0 Å². The van der Waals surface area contributed by atoms with Gasteiger partial charge in [0.1, 0.15) is 18.0 Å². The fourth-order valence-electron chi connectivity index (χ4n) is 3.80. The number of rotatable bonds is 8. The lowest BCUT2D eigenvalue weighted by atomic mass is 9.93. The number of ether oxygens (including phenoxy) is 2. The summed E-state index contributed by atoms with van der Waals surface area (Å²) in [6, 6.07) is 3.38. The number of hydrogen-bond acceptors (Lipinski definition) is 6. The van der Waals surface area contributed by atoms with Gasteiger partial charge in [-0.1, -0.05) is 18.2 Å². The number of benzene rings is 1. The fraction of sp³-hybridized carbons (Fsp3) is 0.500. The summed E-state index contributed by atoms with van der Waals surface area (Å²) in [5.74, 6) is -0.832. The van der Waals surface area contributed by atoms with Crippen LogP contribution in [0.4, 0.5) is 19.0 Å². The predicted molar refractivity (Wildman–Crippen MR) is 110 cm³/mol. The van der Waals surface area contributed by atoms with Crippen LogP contribution in [0.5, 0.6) is 0 Å². The molecule has 0 bridgehead atoms. The van der Waals surface area contributed by atoms with Gasteiger partial charge in [0.25, 0.3) is 6.43 Å². The first-order valence-electron chi connectivity index (χ1n) is 10.6. The van der Waals surface area contributed by atoms with E-state index < -0.39 is 30.1 Å². The Morgan fingerprint density at radius 2 is 1.91 bits per heavy atom. The average molecular weight is 450 g/mol. The van der Waals surface area contributed by atoms with E-state index in [4.69, 9.17) is 9.47 Å². The van der Waals surface area contributed by atoms with Crippen molar-refractivity contribution in [1.29, 1.82) is 0 Å². The van der Waals surface area contributed by atoms with Crippen molar-refractivity contribution in [2.75, 3.05) is 18.5 Å². The summed E-state index contributed by atoms with van der Waals surface area (Å²) in [5, 5.41) is 6.03. The number of anilines is 1. The first kappa shape index (κ1) is 22.5. The van der Waals surface area contributed by atoms with Crippen molar-refractivity contribution in [2.24, 2.45) is 0 Å². The number of halogens is 3. The molecule has 7 nitrogen and oxygen atoms in total. The Hall–Kier alpha value is -2.72. The normalized spacial score (nSPS) is 17.9. The second kappa shape index (κ2) is 9.83. The quantitative estimate of drug-likeness (QED) is 0.633. The van der Waals surface area contributed by atoms with Gasteiger partial charge in [0.15, 0.2) is 6.29 Å². The van der Waals surface area contributed by atoms with E-state index in [9.17, 15) is 18.0 Å². The van der Waals surface area contributed by atoms with E-state index in [0.717, 1.165) is 25.3 Å². The summed E-state index contributed by atoms with van der Waals surface area (Å²) in [6.45, 7) is 2.37. The molecule has 1 atom stereocenters. The van der Waals surface area contributed by atoms with Gasteiger partial charge in [-0.2, -0.15) is 0 Å². The van der Waals surface area contributed by atoms with E-state index in [0.29, 0.717) is 30.3 Å². The first-order valence-corrected chi connectivity index (χ1v) is 10.6. The predicted octanol–water partition coefficient (Wildman–Crippen LogP) is 3.98. The summed E-state index contributed by atoms with van der Waals surface area (Å²) >= 11 is 0. The van der Waals surface area contributed by atoms with Crippen LogP contribution in [-0.4, -0.2) is 35.1 Å². The second-order valence-electron chi connectivity index (χ2n) is 7.95. The Labute approximate surface area is 183 Å². The van der Waals surface area contributed by atoms with Crippen LogP contribution >= 0.6 is 0 Å². The highest BCUT2D eigenvalue weighted by atomic mass is 19.3. The Kier molecular flexibility index (Phi) is 6.90. The molecular weight excluding hydrogens is 425 g/mol. The first-order chi connectivity index (χ1) is 15.4. The summed E-state index contributed by atoms with van der Waals surface area (Å²) in [5.41, 5.74) is 0.297. The van der Waals surface area contributed by atoms with Crippen LogP contribution in [0.1, 0.15) is 67.3 Å². The average Bonchev–Trinajstić information content (AvgIpc) is 3.25. The second-order valence-corrected chi connectivity index (χ2v) is 7.95. The van der Waals surface area contributed by atoms with E-state index in [-0.39, 0.29) is 23.9 Å². The minimum absolute atomic E-state index is 0.00978. The summed E-state index contributed by atoms with van der Waals surface area (Å²) < 4.78 is 52.1. The monoisotopic (exact) mass is 450 g/mol. The highest BCUT2D eigenvalue weighted by Gasteiger charge is 2.29. The van der Waals surface area contributed by atoms with Gasteiger partial charge in [-0.3, -0.25) is 4.79 Å². The standard InChI is InChI=1S/C22H25F3N4O3/c1-12(14-6-3-7-15(19(14)23)20(24)25)28-21-18(22-31-8-9-32-22)16(26-11-27-21)10-17(30)29-13-4-2-5-13/h3,6-7,11-13,20,22H,2,4-5,8-10H2,1H3,(H,29,30)(H,26,27,28)/t12-/m1/s1. The third-order valence-corrected chi connectivity index (χ3v) is 5.74. The Morgan fingerprint density at radius 1 is 1.19 bits per heavy atom. The molecule has 2 N–H and O–H groups in total. The van der Waals surface area contributed by atoms with Gasteiger partial charge in [-0.05, 0) is 26.2 Å².